The van der Waals surface area contributed by atoms with Crippen LogP contribution in [0, 0.1) is 0 Å². The van der Waals surface area contributed by atoms with Gasteiger partial charge in [-0.1, -0.05) is 26.0 Å². The Morgan fingerprint density at radius 2 is 1.71 bits per heavy atom. The van der Waals surface area contributed by atoms with Crippen LogP contribution in [0.3, 0.4) is 0 Å². The van der Waals surface area contributed by atoms with Crippen molar-refractivity contribution in [3.8, 4) is 0 Å². The molecule has 0 saturated carbocycles. The summed E-state index contributed by atoms with van der Waals surface area (Å²) >= 11 is 1.70. The Bertz CT molecular complexity index is 264. The third-order valence-corrected chi connectivity index (χ3v) is 3.29. The highest BCUT2D eigenvalue weighted by molar-refractivity contribution is 7.99. The van der Waals surface area contributed by atoms with Crippen molar-refractivity contribution in [2.75, 3.05) is 5.75 Å². The van der Waals surface area contributed by atoms with Crippen LogP contribution in [0.25, 0.3) is 0 Å². The minimum absolute atomic E-state index is 0.232. The Morgan fingerprint density at radius 1 is 1.14 bits per heavy atom. The molecule has 14 heavy (non-hydrogen) atoms. The molecule has 0 aliphatic carbocycles. The van der Waals surface area contributed by atoms with Gasteiger partial charge in [0, 0.05) is 10.6 Å². The molecule has 0 aromatic heterocycles. The quantitative estimate of drug-likeness (QED) is 0.770. The first-order valence-electron chi connectivity index (χ1n) is 5.00. The molecule has 0 bridgehead atoms. The molecule has 1 N–H and O–H groups in total. The van der Waals surface area contributed by atoms with Gasteiger partial charge in [0.25, 0.3) is 0 Å². The van der Waals surface area contributed by atoms with E-state index in [0.717, 1.165) is 5.75 Å². The number of aliphatic hydroxyl groups excluding tert-OH is 1. The first kappa shape index (κ1) is 11.6. The summed E-state index contributed by atoms with van der Waals surface area (Å²) in [5.74, 6) is 1.35. The fraction of sp³-hybridized carbons (Fsp3) is 0.500. The Morgan fingerprint density at radius 3 is 2.14 bits per heavy atom. The van der Waals surface area contributed by atoms with Crippen molar-refractivity contribution in [2.24, 2.45) is 0 Å². The average molecular weight is 210 g/mol. The average Bonchev–Trinajstić information content (AvgIpc) is 2.15. The first-order chi connectivity index (χ1) is 6.59. The predicted molar refractivity (Wildman–Crippen MR) is 62.9 cm³/mol. The van der Waals surface area contributed by atoms with Gasteiger partial charge in [-0.3, -0.25) is 0 Å². The molecule has 0 spiro atoms. The molecule has 1 nitrogen and oxygen atoms in total. The summed E-state index contributed by atoms with van der Waals surface area (Å²) in [5.41, 5.74) is 1.37. The monoisotopic (exact) mass is 210 g/mol. The SMILES string of the molecule is CC(O)CSc1ccc(C(C)C)cc1. The molecule has 0 aliphatic rings. The van der Waals surface area contributed by atoms with Crippen LogP contribution < -0.4 is 0 Å². The number of hydrogen-bond donors (Lipinski definition) is 1. The van der Waals surface area contributed by atoms with E-state index < -0.39 is 0 Å². The van der Waals surface area contributed by atoms with E-state index in [4.69, 9.17) is 5.11 Å². The van der Waals surface area contributed by atoms with E-state index >= 15 is 0 Å². The standard InChI is InChI=1S/C12H18OS/c1-9(2)11-4-6-12(7-5-11)14-8-10(3)13/h4-7,9-10,13H,8H2,1-3H3. The molecule has 1 atom stereocenters. The van der Waals surface area contributed by atoms with Crippen molar-refractivity contribution in [1.29, 1.82) is 0 Å². The van der Waals surface area contributed by atoms with Crippen molar-refractivity contribution in [2.45, 2.75) is 37.7 Å². The van der Waals surface area contributed by atoms with Crippen LogP contribution in [-0.4, -0.2) is 17.0 Å². The van der Waals surface area contributed by atoms with E-state index in [0.29, 0.717) is 5.92 Å². The van der Waals surface area contributed by atoms with Crippen LogP contribution in [0.1, 0.15) is 32.3 Å². The van der Waals surface area contributed by atoms with E-state index in [9.17, 15) is 0 Å². The third kappa shape index (κ3) is 3.72. The lowest BCUT2D eigenvalue weighted by Gasteiger charge is -2.07. The summed E-state index contributed by atoms with van der Waals surface area (Å²) in [6.07, 6.45) is -0.232. The largest absolute Gasteiger partial charge is 0.393 e. The summed E-state index contributed by atoms with van der Waals surface area (Å²) < 4.78 is 0. The fourth-order valence-corrected chi connectivity index (χ4v) is 1.93. The summed E-state index contributed by atoms with van der Waals surface area (Å²) in [7, 11) is 0. The Labute approximate surface area is 90.5 Å². The molecule has 1 aromatic carbocycles. The second-order valence-electron chi connectivity index (χ2n) is 3.88. The van der Waals surface area contributed by atoms with Crippen LogP contribution in [0.4, 0.5) is 0 Å². The Kier molecular flexibility index (Phi) is 4.49. The van der Waals surface area contributed by atoms with E-state index in [2.05, 4.69) is 38.1 Å². The predicted octanol–water partition coefficient (Wildman–Crippen LogP) is 3.28. The molecular weight excluding hydrogens is 192 g/mol. The van der Waals surface area contributed by atoms with Crippen molar-refractivity contribution in [3.05, 3.63) is 29.8 Å². The van der Waals surface area contributed by atoms with E-state index in [1.807, 2.05) is 6.92 Å². The molecule has 0 saturated heterocycles. The maximum atomic E-state index is 9.14. The van der Waals surface area contributed by atoms with Gasteiger partial charge in [0.1, 0.15) is 0 Å². The number of thioether (sulfide) groups is 1. The van der Waals surface area contributed by atoms with E-state index in [1.165, 1.54) is 10.5 Å². The molecule has 2 heteroatoms. The van der Waals surface area contributed by atoms with Crippen LogP contribution in [0.15, 0.2) is 29.2 Å². The second-order valence-corrected chi connectivity index (χ2v) is 4.98. The van der Waals surface area contributed by atoms with Crippen LogP contribution in [0.2, 0.25) is 0 Å². The smallest absolute Gasteiger partial charge is 0.0606 e. The Balaban J connectivity index is 2.55. The molecular formula is C12H18OS. The first-order valence-corrected chi connectivity index (χ1v) is 5.99. The highest BCUT2D eigenvalue weighted by Crippen LogP contribution is 2.22. The van der Waals surface area contributed by atoms with Gasteiger partial charge in [0.2, 0.25) is 0 Å². The highest BCUT2D eigenvalue weighted by atomic mass is 32.2. The molecule has 1 rings (SSSR count). The van der Waals surface area contributed by atoms with Crippen molar-refractivity contribution < 1.29 is 5.11 Å². The summed E-state index contributed by atoms with van der Waals surface area (Å²) in [4.78, 5) is 1.23. The normalized spacial score (nSPS) is 13.2. The fourth-order valence-electron chi connectivity index (χ4n) is 1.17. The lowest BCUT2D eigenvalue weighted by atomic mass is 10.0. The topological polar surface area (TPSA) is 20.2 Å². The van der Waals surface area contributed by atoms with Gasteiger partial charge in [-0.2, -0.15) is 0 Å². The number of benzene rings is 1. The van der Waals surface area contributed by atoms with Crippen molar-refractivity contribution >= 4 is 11.8 Å². The zero-order chi connectivity index (χ0) is 10.6. The van der Waals surface area contributed by atoms with Gasteiger partial charge in [-0.05, 0) is 30.5 Å². The highest BCUT2D eigenvalue weighted by Gasteiger charge is 2.00. The number of rotatable bonds is 4. The summed E-state index contributed by atoms with van der Waals surface area (Å²) in [6, 6.07) is 8.58. The van der Waals surface area contributed by atoms with Crippen LogP contribution in [-0.2, 0) is 0 Å². The molecule has 0 amide bonds. The van der Waals surface area contributed by atoms with Crippen LogP contribution >= 0.6 is 11.8 Å². The van der Waals surface area contributed by atoms with Gasteiger partial charge in [0.15, 0.2) is 0 Å². The minimum atomic E-state index is -0.232. The molecule has 0 fully saturated rings. The molecule has 0 aliphatic heterocycles. The van der Waals surface area contributed by atoms with Gasteiger partial charge >= 0.3 is 0 Å². The second kappa shape index (κ2) is 5.42. The lowest BCUT2D eigenvalue weighted by molar-refractivity contribution is 0.220. The molecule has 0 radical (unpaired) electrons. The van der Waals surface area contributed by atoms with Gasteiger partial charge in [-0.15, -0.1) is 11.8 Å². The molecule has 1 aromatic rings. The maximum absolute atomic E-state index is 9.14. The van der Waals surface area contributed by atoms with Gasteiger partial charge in [0.05, 0.1) is 6.10 Å². The van der Waals surface area contributed by atoms with E-state index in [1.54, 1.807) is 11.8 Å². The lowest BCUT2D eigenvalue weighted by Crippen LogP contribution is -2.02. The molecule has 0 heterocycles. The minimum Gasteiger partial charge on any atom is -0.393 e. The molecule has 1 unspecified atom stereocenters. The maximum Gasteiger partial charge on any atom is 0.0606 e. The van der Waals surface area contributed by atoms with Crippen LogP contribution in [0.5, 0.6) is 0 Å². The number of aliphatic hydroxyl groups is 1. The van der Waals surface area contributed by atoms with Gasteiger partial charge < -0.3 is 5.11 Å². The Hall–Kier alpha value is -0.470. The summed E-state index contributed by atoms with van der Waals surface area (Å²) in [5, 5.41) is 9.14. The van der Waals surface area contributed by atoms with Gasteiger partial charge in [-0.25, -0.2) is 0 Å². The van der Waals surface area contributed by atoms with Crippen molar-refractivity contribution in [3.63, 3.8) is 0 Å². The zero-order valence-corrected chi connectivity index (χ0v) is 9.84. The number of hydrogen-bond acceptors (Lipinski definition) is 2. The molecule has 78 valence electrons. The van der Waals surface area contributed by atoms with Crippen molar-refractivity contribution in [1.82, 2.24) is 0 Å². The zero-order valence-electron chi connectivity index (χ0n) is 9.03. The van der Waals surface area contributed by atoms with E-state index in [-0.39, 0.29) is 6.10 Å². The summed E-state index contributed by atoms with van der Waals surface area (Å²) in [6.45, 7) is 6.20. The third-order valence-electron chi connectivity index (χ3n) is 2.04.